The van der Waals surface area contributed by atoms with Gasteiger partial charge in [0, 0.05) is 24.7 Å². The van der Waals surface area contributed by atoms with Crippen LogP contribution in [-0.4, -0.2) is 24.0 Å². The molecule has 0 bridgehead atoms. The summed E-state index contributed by atoms with van der Waals surface area (Å²) in [7, 11) is 0. The quantitative estimate of drug-likeness (QED) is 0.629. The van der Waals surface area contributed by atoms with Crippen molar-refractivity contribution >= 4 is 38.3 Å². The molecule has 1 aliphatic rings. The molecular weight excluding hydrogens is 366 g/mol. The zero-order valence-corrected chi connectivity index (χ0v) is 17.6. The summed E-state index contributed by atoms with van der Waals surface area (Å²) in [6.45, 7) is 8.18. The summed E-state index contributed by atoms with van der Waals surface area (Å²) in [5.74, 6) is 0.599. The van der Waals surface area contributed by atoms with Crippen molar-refractivity contribution in [2.24, 2.45) is 5.92 Å². The molecule has 1 aliphatic heterocycles. The van der Waals surface area contributed by atoms with Crippen LogP contribution >= 0.6 is 11.3 Å². The van der Waals surface area contributed by atoms with Crippen LogP contribution in [0.1, 0.15) is 43.7 Å². The van der Waals surface area contributed by atoms with Crippen LogP contribution in [0.3, 0.4) is 0 Å². The molecule has 0 radical (unpaired) electrons. The van der Waals surface area contributed by atoms with Gasteiger partial charge >= 0.3 is 0 Å². The number of carbonyl (C=O) groups is 1. The highest BCUT2D eigenvalue weighted by molar-refractivity contribution is 7.22. The smallest absolute Gasteiger partial charge is 0.227 e. The van der Waals surface area contributed by atoms with Gasteiger partial charge < -0.3 is 10.2 Å². The van der Waals surface area contributed by atoms with E-state index >= 15 is 0 Å². The van der Waals surface area contributed by atoms with E-state index in [-0.39, 0.29) is 11.8 Å². The standard InChI is InChI=1S/C23H27N3OS/c1-15(2)18-6-4-5-7-19(18)24-22(27)17-10-12-26(13-11-17)23-25-20-9-8-16(3)14-21(20)28-23/h4-9,14-15,17H,10-13H2,1-3H3,(H,24,27). The number of amides is 1. The SMILES string of the molecule is Cc1ccc2nc(N3CCC(C(=O)Nc4ccccc4C(C)C)CC3)sc2c1. The summed E-state index contributed by atoms with van der Waals surface area (Å²) in [5, 5.41) is 4.25. The van der Waals surface area contributed by atoms with E-state index in [1.54, 1.807) is 11.3 Å². The topological polar surface area (TPSA) is 45.2 Å². The molecule has 1 amide bonds. The first-order valence-electron chi connectivity index (χ1n) is 10.0. The fourth-order valence-electron chi connectivity index (χ4n) is 3.84. The van der Waals surface area contributed by atoms with Crippen LogP contribution in [0, 0.1) is 12.8 Å². The van der Waals surface area contributed by atoms with Gasteiger partial charge in [-0.1, -0.05) is 49.4 Å². The van der Waals surface area contributed by atoms with Gasteiger partial charge in [-0.2, -0.15) is 0 Å². The van der Waals surface area contributed by atoms with Gasteiger partial charge in [0.2, 0.25) is 5.91 Å². The third kappa shape index (κ3) is 3.90. The van der Waals surface area contributed by atoms with Crippen molar-refractivity contribution in [3.63, 3.8) is 0 Å². The van der Waals surface area contributed by atoms with Crippen molar-refractivity contribution in [3.05, 3.63) is 53.6 Å². The lowest BCUT2D eigenvalue weighted by atomic mass is 9.95. The number of aromatic nitrogens is 1. The van der Waals surface area contributed by atoms with Crippen molar-refractivity contribution in [1.29, 1.82) is 0 Å². The average Bonchev–Trinajstić information content (AvgIpc) is 3.11. The van der Waals surface area contributed by atoms with Crippen LogP contribution < -0.4 is 10.2 Å². The van der Waals surface area contributed by atoms with E-state index in [1.807, 2.05) is 18.2 Å². The van der Waals surface area contributed by atoms with Crippen LogP contribution in [0.2, 0.25) is 0 Å². The lowest BCUT2D eigenvalue weighted by Crippen LogP contribution is -2.38. The molecular formula is C23H27N3OS. The number of nitrogens with zero attached hydrogens (tertiary/aromatic N) is 2. The molecule has 1 fully saturated rings. The lowest BCUT2D eigenvalue weighted by Gasteiger charge is -2.31. The van der Waals surface area contributed by atoms with Gasteiger partial charge in [0.05, 0.1) is 10.2 Å². The molecule has 4 rings (SSSR count). The Morgan fingerprint density at radius 3 is 2.68 bits per heavy atom. The van der Waals surface area contributed by atoms with Crippen LogP contribution in [0.25, 0.3) is 10.2 Å². The first kappa shape index (κ1) is 18.9. The summed E-state index contributed by atoms with van der Waals surface area (Å²) in [4.78, 5) is 19.9. The predicted molar refractivity (Wildman–Crippen MR) is 118 cm³/mol. The predicted octanol–water partition coefficient (Wildman–Crippen LogP) is 5.58. The van der Waals surface area contributed by atoms with Gasteiger partial charge in [-0.3, -0.25) is 4.79 Å². The monoisotopic (exact) mass is 393 g/mol. The normalized spacial score (nSPS) is 15.4. The summed E-state index contributed by atoms with van der Waals surface area (Å²) < 4.78 is 1.24. The van der Waals surface area contributed by atoms with E-state index in [4.69, 9.17) is 4.98 Å². The van der Waals surface area contributed by atoms with Gasteiger partial charge in [0.25, 0.3) is 0 Å². The average molecular weight is 394 g/mol. The molecule has 2 aromatic carbocycles. The largest absolute Gasteiger partial charge is 0.348 e. The Balaban J connectivity index is 1.40. The van der Waals surface area contributed by atoms with E-state index < -0.39 is 0 Å². The minimum absolute atomic E-state index is 0.0630. The lowest BCUT2D eigenvalue weighted by molar-refractivity contribution is -0.120. The maximum Gasteiger partial charge on any atom is 0.227 e. The van der Waals surface area contributed by atoms with E-state index in [1.165, 1.54) is 15.8 Å². The molecule has 0 spiro atoms. The number of fused-ring (bicyclic) bond motifs is 1. The van der Waals surface area contributed by atoms with Gasteiger partial charge in [0.15, 0.2) is 5.13 Å². The minimum atomic E-state index is 0.0630. The highest BCUT2D eigenvalue weighted by Crippen LogP contribution is 2.32. The molecule has 2 heterocycles. The van der Waals surface area contributed by atoms with Crippen LogP contribution in [0.5, 0.6) is 0 Å². The van der Waals surface area contributed by atoms with Crippen molar-refractivity contribution in [2.75, 3.05) is 23.3 Å². The van der Waals surface area contributed by atoms with E-state index in [0.717, 1.165) is 42.3 Å². The second kappa shape index (κ2) is 7.92. The molecule has 0 saturated carbocycles. The Hall–Kier alpha value is -2.40. The Morgan fingerprint density at radius 2 is 1.93 bits per heavy atom. The third-order valence-electron chi connectivity index (χ3n) is 5.51. The van der Waals surface area contributed by atoms with Crippen molar-refractivity contribution < 1.29 is 4.79 Å². The van der Waals surface area contributed by atoms with E-state index in [9.17, 15) is 4.79 Å². The van der Waals surface area contributed by atoms with Gasteiger partial charge in [-0.05, 0) is 55.0 Å². The summed E-state index contributed by atoms with van der Waals surface area (Å²) in [6, 6.07) is 14.5. The molecule has 5 heteroatoms. The summed E-state index contributed by atoms with van der Waals surface area (Å²) >= 11 is 1.75. The number of benzene rings is 2. The number of rotatable bonds is 4. The Kier molecular flexibility index (Phi) is 5.36. The van der Waals surface area contributed by atoms with Gasteiger partial charge in [0.1, 0.15) is 0 Å². The second-order valence-electron chi connectivity index (χ2n) is 7.96. The number of hydrogen-bond donors (Lipinski definition) is 1. The third-order valence-corrected chi connectivity index (χ3v) is 6.59. The fourth-order valence-corrected chi connectivity index (χ4v) is 4.95. The number of aryl methyl sites for hydroxylation is 1. The van der Waals surface area contributed by atoms with Gasteiger partial charge in [-0.15, -0.1) is 0 Å². The number of thiazole rings is 1. The minimum Gasteiger partial charge on any atom is -0.348 e. The second-order valence-corrected chi connectivity index (χ2v) is 8.97. The first-order chi connectivity index (χ1) is 13.5. The van der Waals surface area contributed by atoms with Gasteiger partial charge in [-0.25, -0.2) is 4.98 Å². The van der Waals surface area contributed by atoms with Crippen LogP contribution in [0.4, 0.5) is 10.8 Å². The Labute approximate surface area is 170 Å². The maximum absolute atomic E-state index is 12.8. The number of anilines is 2. The highest BCUT2D eigenvalue weighted by atomic mass is 32.1. The Bertz CT molecular complexity index is 986. The van der Waals surface area contributed by atoms with Crippen LogP contribution in [-0.2, 0) is 4.79 Å². The van der Waals surface area contributed by atoms with E-state index in [0.29, 0.717) is 5.92 Å². The molecule has 146 valence electrons. The molecule has 1 N–H and O–H groups in total. The summed E-state index contributed by atoms with van der Waals surface area (Å²) in [6.07, 6.45) is 1.73. The molecule has 0 unspecified atom stereocenters. The number of piperidine rings is 1. The van der Waals surface area contributed by atoms with Crippen LogP contribution in [0.15, 0.2) is 42.5 Å². The van der Waals surface area contributed by atoms with Crippen molar-refractivity contribution in [3.8, 4) is 0 Å². The van der Waals surface area contributed by atoms with Crippen molar-refractivity contribution in [2.45, 2.75) is 39.5 Å². The summed E-state index contributed by atoms with van der Waals surface area (Å²) in [5.41, 5.74) is 4.47. The molecule has 1 aromatic heterocycles. The number of hydrogen-bond acceptors (Lipinski definition) is 4. The number of para-hydroxylation sites is 1. The maximum atomic E-state index is 12.8. The van der Waals surface area contributed by atoms with E-state index in [2.05, 4.69) is 55.3 Å². The first-order valence-corrected chi connectivity index (χ1v) is 10.8. The number of nitrogens with one attached hydrogen (secondary N) is 1. The zero-order chi connectivity index (χ0) is 19.7. The molecule has 28 heavy (non-hydrogen) atoms. The molecule has 3 aromatic rings. The zero-order valence-electron chi connectivity index (χ0n) is 16.7. The number of carbonyl (C=O) groups excluding carboxylic acids is 1. The van der Waals surface area contributed by atoms with Crippen molar-refractivity contribution in [1.82, 2.24) is 4.98 Å². The molecule has 4 nitrogen and oxygen atoms in total. The molecule has 0 atom stereocenters. The molecule has 1 saturated heterocycles. The molecule has 0 aliphatic carbocycles. The highest BCUT2D eigenvalue weighted by Gasteiger charge is 2.27. The fraction of sp³-hybridized carbons (Fsp3) is 0.391. The Morgan fingerprint density at radius 1 is 1.18 bits per heavy atom.